The maximum Gasteiger partial charge on any atom is 0.315 e. The SMILES string of the molecule is CCCC1SCC2NC(=O)NC21. The highest BCUT2D eigenvalue weighted by molar-refractivity contribution is 8.00. The van der Waals surface area contributed by atoms with E-state index in [0.717, 1.165) is 5.75 Å². The van der Waals surface area contributed by atoms with Crippen molar-refractivity contribution in [1.29, 1.82) is 0 Å². The second kappa shape index (κ2) is 3.17. The Kier molecular flexibility index (Phi) is 2.17. The Labute approximate surface area is 76.7 Å². The Bertz CT molecular complexity index is 195. The van der Waals surface area contributed by atoms with Gasteiger partial charge < -0.3 is 10.6 Å². The molecule has 4 heteroatoms. The summed E-state index contributed by atoms with van der Waals surface area (Å²) in [7, 11) is 0. The first-order valence-corrected chi connectivity index (χ1v) is 5.54. The maximum atomic E-state index is 11.0. The van der Waals surface area contributed by atoms with E-state index in [-0.39, 0.29) is 6.03 Å². The van der Waals surface area contributed by atoms with Crippen LogP contribution in [-0.4, -0.2) is 29.1 Å². The molecular weight excluding hydrogens is 172 g/mol. The zero-order valence-corrected chi connectivity index (χ0v) is 7.99. The summed E-state index contributed by atoms with van der Waals surface area (Å²) in [5.41, 5.74) is 0. The van der Waals surface area contributed by atoms with E-state index in [1.807, 2.05) is 11.8 Å². The molecule has 0 aromatic heterocycles. The predicted octanol–water partition coefficient (Wildman–Crippen LogP) is 0.952. The van der Waals surface area contributed by atoms with Gasteiger partial charge in [0.2, 0.25) is 0 Å². The van der Waals surface area contributed by atoms with Crippen LogP contribution in [0.3, 0.4) is 0 Å². The second-order valence-corrected chi connectivity index (χ2v) is 4.68. The molecule has 2 N–H and O–H groups in total. The highest BCUT2D eigenvalue weighted by atomic mass is 32.2. The van der Waals surface area contributed by atoms with Crippen molar-refractivity contribution in [2.75, 3.05) is 5.75 Å². The van der Waals surface area contributed by atoms with E-state index in [2.05, 4.69) is 17.6 Å². The zero-order chi connectivity index (χ0) is 8.55. The van der Waals surface area contributed by atoms with Crippen molar-refractivity contribution in [3.63, 3.8) is 0 Å². The molecule has 3 unspecified atom stereocenters. The Morgan fingerprint density at radius 3 is 3.17 bits per heavy atom. The molecular formula is C8H14N2OS. The average molecular weight is 186 g/mol. The van der Waals surface area contributed by atoms with Gasteiger partial charge in [-0.1, -0.05) is 13.3 Å². The van der Waals surface area contributed by atoms with Crippen LogP contribution in [0.25, 0.3) is 0 Å². The number of nitrogens with one attached hydrogen (secondary N) is 2. The molecule has 68 valence electrons. The van der Waals surface area contributed by atoms with Gasteiger partial charge in [0.1, 0.15) is 0 Å². The fourth-order valence-electron chi connectivity index (χ4n) is 1.93. The lowest BCUT2D eigenvalue weighted by Crippen LogP contribution is -2.36. The van der Waals surface area contributed by atoms with Crippen LogP contribution in [0.15, 0.2) is 0 Å². The van der Waals surface area contributed by atoms with Gasteiger partial charge in [-0.2, -0.15) is 11.8 Å². The molecule has 2 fully saturated rings. The van der Waals surface area contributed by atoms with E-state index < -0.39 is 0 Å². The van der Waals surface area contributed by atoms with Crippen molar-refractivity contribution in [1.82, 2.24) is 10.6 Å². The smallest absolute Gasteiger partial charge is 0.315 e. The number of carbonyl (C=O) groups is 1. The van der Waals surface area contributed by atoms with Gasteiger partial charge >= 0.3 is 6.03 Å². The van der Waals surface area contributed by atoms with Gasteiger partial charge in [0.15, 0.2) is 0 Å². The lowest BCUT2D eigenvalue weighted by molar-refractivity contribution is 0.247. The lowest BCUT2D eigenvalue weighted by Gasteiger charge is -2.15. The first kappa shape index (κ1) is 8.23. The quantitative estimate of drug-likeness (QED) is 0.630. The van der Waals surface area contributed by atoms with E-state index in [0.29, 0.717) is 17.3 Å². The van der Waals surface area contributed by atoms with Crippen LogP contribution >= 0.6 is 11.8 Å². The van der Waals surface area contributed by atoms with E-state index >= 15 is 0 Å². The van der Waals surface area contributed by atoms with Crippen LogP contribution in [0, 0.1) is 0 Å². The minimum Gasteiger partial charge on any atom is -0.332 e. The number of hydrogen-bond acceptors (Lipinski definition) is 2. The van der Waals surface area contributed by atoms with Gasteiger partial charge in [0, 0.05) is 11.0 Å². The van der Waals surface area contributed by atoms with Gasteiger partial charge in [-0.15, -0.1) is 0 Å². The summed E-state index contributed by atoms with van der Waals surface area (Å²) >= 11 is 1.98. The van der Waals surface area contributed by atoms with Crippen molar-refractivity contribution in [2.45, 2.75) is 37.1 Å². The van der Waals surface area contributed by atoms with Crippen LogP contribution in [0.5, 0.6) is 0 Å². The number of carbonyl (C=O) groups excluding carboxylic acids is 1. The molecule has 12 heavy (non-hydrogen) atoms. The van der Waals surface area contributed by atoms with E-state index in [1.165, 1.54) is 12.8 Å². The van der Waals surface area contributed by atoms with E-state index in [9.17, 15) is 4.79 Å². The summed E-state index contributed by atoms with van der Waals surface area (Å²) in [5.74, 6) is 1.08. The van der Waals surface area contributed by atoms with E-state index in [4.69, 9.17) is 0 Å². The van der Waals surface area contributed by atoms with Gasteiger partial charge in [-0.05, 0) is 6.42 Å². The topological polar surface area (TPSA) is 41.1 Å². The van der Waals surface area contributed by atoms with Gasteiger partial charge in [-0.25, -0.2) is 4.79 Å². The van der Waals surface area contributed by atoms with Crippen molar-refractivity contribution in [3.8, 4) is 0 Å². The summed E-state index contributed by atoms with van der Waals surface area (Å²) < 4.78 is 0. The molecule has 0 aliphatic carbocycles. The highest BCUT2D eigenvalue weighted by Crippen LogP contribution is 2.32. The lowest BCUT2D eigenvalue weighted by atomic mass is 10.1. The first-order chi connectivity index (χ1) is 5.81. The maximum absolute atomic E-state index is 11.0. The normalized spacial score (nSPS) is 39.1. The summed E-state index contributed by atoms with van der Waals surface area (Å²) in [6.07, 6.45) is 2.42. The third kappa shape index (κ3) is 1.28. The minimum atomic E-state index is 0.0198. The molecule has 2 aliphatic rings. The van der Waals surface area contributed by atoms with Crippen LogP contribution in [0.2, 0.25) is 0 Å². The molecule has 0 aromatic carbocycles. The van der Waals surface area contributed by atoms with Crippen LogP contribution < -0.4 is 10.6 Å². The Hall–Kier alpha value is -0.380. The molecule has 0 bridgehead atoms. The molecule has 0 spiro atoms. The number of amides is 2. The van der Waals surface area contributed by atoms with Gasteiger partial charge in [0.25, 0.3) is 0 Å². The number of rotatable bonds is 2. The van der Waals surface area contributed by atoms with Crippen molar-refractivity contribution >= 4 is 17.8 Å². The molecule has 0 radical (unpaired) electrons. The Morgan fingerprint density at radius 2 is 2.42 bits per heavy atom. The summed E-state index contributed by atoms with van der Waals surface area (Å²) in [4.78, 5) is 11.0. The Balaban J connectivity index is 1.98. The van der Waals surface area contributed by atoms with Gasteiger partial charge in [-0.3, -0.25) is 0 Å². The summed E-state index contributed by atoms with van der Waals surface area (Å²) in [5, 5.41) is 6.55. The fourth-order valence-corrected chi connectivity index (χ4v) is 3.54. The van der Waals surface area contributed by atoms with Crippen LogP contribution in [0.4, 0.5) is 4.79 Å². The number of urea groups is 1. The second-order valence-electron chi connectivity index (χ2n) is 3.41. The number of thioether (sulfide) groups is 1. The molecule has 3 atom stereocenters. The molecule has 2 amide bonds. The number of fused-ring (bicyclic) bond motifs is 1. The standard InChI is InChI=1S/C8H14N2OS/c1-2-3-6-7-5(4-12-6)9-8(11)10-7/h5-7H,2-4H2,1H3,(H2,9,10,11). The largest absolute Gasteiger partial charge is 0.332 e. The van der Waals surface area contributed by atoms with Crippen LogP contribution in [-0.2, 0) is 0 Å². The third-order valence-electron chi connectivity index (χ3n) is 2.51. The summed E-state index contributed by atoms with van der Waals surface area (Å²) in [6.45, 7) is 2.19. The minimum absolute atomic E-state index is 0.0198. The molecule has 2 saturated heterocycles. The number of hydrogen-bond donors (Lipinski definition) is 2. The highest BCUT2D eigenvalue weighted by Gasteiger charge is 2.42. The average Bonchev–Trinajstić information content (AvgIpc) is 2.52. The monoisotopic (exact) mass is 186 g/mol. The predicted molar refractivity (Wildman–Crippen MR) is 50.4 cm³/mol. The zero-order valence-electron chi connectivity index (χ0n) is 7.17. The molecule has 2 heterocycles. The molecule has 2 rings (SSSR count). The molecule has 2 aliphatic heterocycles. The van der Waals surface area contributed by atoms with Gasteiger partial charge in [0.05, 0.1) is 12.1 Å². The van der Waals surface area contributed by atoms with Crippen molar-refractivity contribution in [2.24, 2.45) is 0 Å². The first-order valence-electron chi connectivity index (χ1n) is 4.50. The summed E-state index contributed by atoms with van der Waals surface area (Å²) in [6, 6.07) is 0.799. The fraction of sp³-hybridized carbons (Fsp3) is 0.875. The van der Waals surface area contributed by atoms with Crippen molar-refractivity contribution in [3.05, 3.63) is 0 Å². The molecule has 0 aromatic rings. The molecule has 0 saturated carbocycles. The van der Waals surface area contributed by atoms with Crippen LogP contribution in [0.1, 0.15) is 19.8 Å². The third-order valence-corrected chi connectivity index (χ3v) is 4.02. The van der Waals surface area contributed by atoms with E-state index in [1.54, 1.807) is 0 Å². The molecule has 3 nitrogen and oxygen atoms in total. The van der Waals surface area contributed by atoms with Crippen molar-refractivity contribution < 1.29 is 4.79 Å². The Morgan fingerprint density at radius 1 is 1.58 bits per heavy atom.